The lowest BCUT2D eigenvalue weighted by Crippen LogP contribution is -2.38. The molecule has 0 saturated carbocycles. The summed E-state index contributed by atoms with van der Waals surface area (Å²) in [5.74, 6) is 2.17. The topological polar surface area (TPSA) is 131 Å². The van der Waals surface area contributed by atoms with Crippen molar-refractivity contribution in [3.8, 4) is 22.6 Å². The van der Waals surface area contributed by atoms with E-state index in [9.17, 15) is 9.90 Å². The number of urea groups is 1. The van der Waals surface area contributed by atoms with Crippen molar-refractivity contribution < 1.29 is 24.1 Å². The summed E-state index contributed by atoms with van der Waals surface area (Å²) in [6.45, 7) is 2.50. The number of nitrogens with one attached hydrogen (secondary N) is 3. The number of carbonyl (C=O) groups is 1. The number of aromatic amines is 1. The number of amides is 2. The molecule has 1 fully saturated rings. The van der Waals surface area contributed by atoms with E-state index in [4.69, 9.17) is 14.2 Å². The third kappa shape index (κ3) is 8.87. The van der Waals surface area contributed by atoms with Crippen LogP contribution in [0.4, 0.5) is 10.5 Å². The number of anilines is 1. The van der Waals surface area contributed by atoms with Crippen LogP contribution in [0.5, 0.6) is 11.5 Å². The highest BCUT2D eigenvalue weighted by Gasteiger charge is 2.38. The van der Waals surface area contributed by atoms with Gasteiger partial charge in [-0.3, -0.25) is 5.10 Å². The van der Waals surface area contributed by atoms with Crippen LogP contribution in [0.15, 0.2) is 139 Å². The predicted octanol–water partition coefficient (Wildman–Crippen LogP) is 8.66. The molecule has 264 valence electrons. The lowest BCUT2D eigenvalue weighted by molar-refractivity contribution is -0.268. The Morgan fingerprint density at radius 2 is 1.58 bits per heavy atom. The number of benzene rings is 5. The molecule has 4 atom stereocenters. The Bertz CT molecular complexity index is 2030. The van der Waals surface area contributed by atoms with Gasteiger partial charge in [-0.25, -0.2) is 9.78 Å². The Morgan fingerprint density at radius 3 is 2.31 bits per heavy atom. The number of hydrogen-bond acceptors (Lipinski definition) is 8. The highest BCUT2D eigenvalue weighted by atomic mass is 32.2. The molecule has 7 rings (SSSR count). The van der Waals surface area contributed by atoms with Crippen molar-refractivity contribution in [3.63, 3.8) is 0 Å². The summed E-state index contributed by atoms with van der Waals surface area (Å²) < 4.78 is 19.0. The van der Waals surface area contributed by atoms with Gasteiger partial charge in [0, 0.05) is 29.5 Å². The fourth-order valence-corrected chi connectivity index (χ4v) is 6.96. The molecule has 0 spiro atoms. The monoisotopic (exact) mass is 713 g/mol. The fourth-order valence-electron chi connectivity index (χ4n) is 6.02. The number of hydrogen-bond donors (Lipinski definition) is 4. The zero-order valence-corrected chi connectivity index (χ0v) is 29.3. The Morgan fingerprint density at radius 1 is 0.827 bits per heavy atom. The third-order valence-electron chi connectivity index (χ3n) is 8.89. The molecule has 10 nitrogen and oxygen atoms in total. The summed E-state index contributed by atoms with van der Waals surface area (Å²) in [7, 11) is 0. The number of aliphatic hydroxyl groups excluding tert-OH is 1. The molecule has 52 heavy (non-hydrogen) atoms. The normalized spacial score (nSPS) is 18.4. The Balaban J connectivity index is 0.979. The van der Waals surface area contributed by atoms with Crippen LogP contribution in [0.1, 0.15) is 41.6 Å². The van der Waals surface area contributed by atoms with Crippen LogP contribution < -0.4 is 15.4 Å². The average molecular weight is 714 g/mol. The summed E-state index contributed by atoms with van der Waals surface area (Å²) in [6, 6.07) is 40.7. The molecule has 4 N–H and O–H groups in total. The van der Waals surface area contributed by atoms with Crippen LogP contribution >= 0.6 is 11.8 Å². The number of rotatable bonds is 12. The first kappa shape index (κ1) is 35.0. The van der Waals surface area contributed by atoms with Gasteiger partial charge in [0.15, 0.2) is 11.4 Å². The van der Waals surface area contributed by atoms with Crippen molar-refractivity contribution in [3.05, 3.63) is 156 Å². The van der Waals surface area contributed by atoms with Gasteiger partial charge < -0.3 is 30.0 Å². The smallest absolute Gasteiger partial charge is 0.319 e. The van der Waals surface area contributed by atoms with Gasteiger partial charge in [0.25, 0.3) is 0 Å². The number of thioether (sulfide) groups is 1. The summed E-state index contributed by atoms with van der Waals surface area (Å²) in [5.41, 5.74) is 6.50. The quantitative estimate of drug-likeness (QED) is 0.0928. The molecule has 1 aliphatic rings. The minimum Gasteiger partial charge on any atom is -0.457 e. The SMILES string of the molecule is CC1C(CSc2ncn[nH]2)OC(c2ccc(-c3cccc(CNC(=O)Nc4ccc(Oc5ccccc5)cc4)c3)cc2)OC1c1ccc(CO)cc1. The van der Waals surface area contributed by atoms with Crippen molar-refractivity contribution in [2.75, 3.05) is 11.1 Å². The van der Waals surface area contributed by atoms with Crippen molar-refractivity contribution in [1.82, 2.24) is 20.5 Å². The summed E-state index contributed by atoms with van der Waals surface area (Å²) >= 11 is 1.57. The van der Waals surface area contributed by atoms with Crippen molar-refractivity contribution in [2.45, 2.75) is 43.7 Å². The van der Waals surface area contributed by atoms with Gasteiger partial charge in [0.1, 0.15) is 17.8 Å². The van der Waals surface area contributed by atoms with Crippen molar-refractivity contribution in [2.24, 2.45) is 5.92 Å². The molecule has 0 aliphatic carbocycles. The van der Waals surface area contributed by atoms with Gasteiger partial charge in [0.05, 0.1) is 18.8 Å². The highest BCUT2D eigenvalue weighted by Crippen LogP contribution is 2.43. The molecule has 2 amide bonds. The minimum atomic E-state index is -0.574. The van der Waals surface area contributed by atoms with E-state index in [1.165, 1.54) is 6.33 Å². The second-order valence-electron chi connectivity index (χ2n) is 12.5. The standard InChI is InChI=1S/C41H39N5O5S/c1-27-37(25-52-41-43-26-44-46-41)50-39(51-38(27)31-12-10-28(24-47)11-13-31)32-16-14-30(15-17-32)33-7-5-6-29(22-33)23-42-40(48)45-34-18-20-36(21-19-34)49-35-8-3-2-4-9-35/h2-22,26-27,37-39,47H,23-25H2,1H3,(H2,42,45,48)(H,43,44,46). The number of aromatic nitrogens is 3. The lowest BCUT2D eigenvalue weighted by atomic mass is 9.91. The van der Waals surface area contributed by atoms with Crippen LogP contribution in [0.2, 0.25) is 0 Å². The van der Waals surface area contributed by atoms with E-state index < -0.39 is 6.29 Å². The molecular weight excluding hydrogens is 675 g/mol. The van der Waals surface area contributed by atoms with E-state index in [0.717, 1.165) is 44.3 Å². The molecule has 0 radical (unpaired) electrons. The van der Waals surface area contributed by atoms with Crippen LogP contribution in [0.3, 0.4) is 0 Å². The highest BCUT2D eigenvalue weighted by molar-refractivity contribution is 7.99. The summed E-state index contributed by atoms with van der Waals surface area (Å²) in [5, 5.41) is 23.0. The second kappa shape index (κ2) is 16.7. The number of para-hydroxylation sites is 1. The number of ether oxygens (including phenoxy) is 3. The number of carbonyl (C=O) groups excluding carboxylic acids is 1. The lowest BCUT2D eigenvalue weighted by Gasteiger charge is -2.41. The first-order valence-electron chi connectivity index (χ1n) is 17.1. The maximum atomic E-state index is 12.7. The molecular formula is C41H39N5O5S. The number of nitrogens with zero attached hydrogens (tertiary/aromatic N) is 2. The van der Waals surface area contributed by atoms with E-state index in [2.05, 4.69) is 57.0 Å². The first-order chi connectivity index (χ1) is 25.5. The molecule has 6 aromatic rings. The molecule has 11 heteroatoms. The second-order valence-corrected chi connectivity index (χ2v) is 13.5. The summed E-state index contributed by atoms with van der Waals surface area (Å²) in [4.78, 5) is 16.9. The van der Waals surface area contributed by atoms with E-state index in [1.807, 2.05) is 91.0 Å². The van der Waals surface area contributed by atoms with Gasteiger partial charge in [-0.05, 0) is 70.3 Å². The largest absolute Gasteiger partial charge is 0.457 e. The van der Waals surface area contributed by atoms with Gasteiger partial charge in [-0.2, -0.15) is 5.10 Å². The third-order valence-corrected chi connectivity index (χ3v) is 9.85. The van der Waals surface area contributed by atoms with Gasteiger partial charge in [-0.1, -0.05) is 104 Å². The Kier molecular flexibility index (Phi) is 11.2. The van der Waals surface area contributed by atoms with E-state index >= 15 is 0 Å². The number of H-pyrrole nitrogens is 1. The van der Waals surface area contributed by atoms with E-state index in [1.54, 1.807) is 23.9 Å². The number of aliphatic hydroxyl groups is 1. The molecule has 5 aromatic carbocycles. The Labute approximate surface area is 306 Å². The fraction of sp³-hybridized carbons (Fsp3) is 0.195. The molecule has 1 aromatic heterocycles. The van der Waals surface area contributed by atoms with Crippen LogP contribution in [0.25, 0.3) is 11.1 Å². The molecule has 0 bridgehead atoms. The zero-order valence-electron chi connectivity index (χ0n) is 28.5. The van der Waals surface area contributed by atoms with Crippen molar-refractivity contribution >= 4 is 23.5 Å². The molecule has 1 saturated heterocycles. The predicted molar refractivity (Wildman–Crippen MR) is 201 cm³/mol. The minimum absolute atomic E-state index is 0.00769. The Hall–Kier alpha value is -5.46. The van der Waals surface area contributed by atoms with E-state index in [-0.39, 0.29) is 30.8 Å². The van der Waals surface area contributed by atoms with Gasteiger partial charge in [0.2, 0.25) is 0 Å². The maximum absolute atomic E-state index is 12.7. The summed E-state index contributed by atoms with van der Waals surface area (Å²) in [6.07, 6.45) is 0.598. The average Bonchev–Trinajstić information content (AvgIpc) is 3.72. The first-order valence-corrected chi connectivity index (χ1v) is 18.0. The zero-order chi connectivity index (χ0) is 35.7. The van der Waals surface area contributed by atoms with Gasteiger partial charge >= 0.3 is 6.03 Å². The van der Waals surface area contributed by atoms with Crippen LogP contribution in [-0.4, -0.2) is 38.2 Å². The molecule has 1 aliphatic heterocycles. The van der Waals surface area contributed by atoms with Crippen LogP contribution in [0, 0.1) is 5.92 Å². The van der Waals surface area contributed by atoms with Crippen LogP contribution in [-0.2, 0) is 22.6 Å². The molecule has 4 unspecified atom stereocenters. The van der Waals surface area contributed by atoms with Crippen molar-refractivity contribution in [1.29, 1.82) is 0 Å². The molecule has 2 heterocycles. The maximum Gasteiger partial charge on any atom is 0.319 e. The van der Waals surface area contributed by atoms with E-state index in [0.29, 0.717) is 23.7 Å². The van der Waals surface area contributed by atoms with Gasteiger partial charge in [-0.15, -0.1) is 0 Å².